The average Bonchev–Trinajstić information content (AvgIpc) is 1.62. The molecule has 0 N–H and O–H groups in total. The molecule has 0 saturated carbocycles. The summed E-state index contributed by atoms with van der Waals surface area (Å²) in [5, 5.41) is -1.91. The van der Waals surface area contributed by atoms with Crippen LogP contribution in [0.2, 0.25) is 0 Å². The fourth-order valence-electron chi connectivity index (χ4n) is 0.0875. The van der Waals surface area contributed by atoms with Crippen LogP contribution in [-0.4, -0.2) is 17.4 Å². The van der Waals surface area contributed by atoms with Crippen LogP contribution in [0.25, 0.3) is 0 Å². The number of halogens is 5. The summed E-state index contributed by atoms with van der Waals surface area (Å²) in [4.78, 5) is 0. The Hall–Kier alpha value is 0.370. The molecule has 0 aliphatic heterocycles. The van der Waals surface area contributed by atoms with Gasteiger partial charge in [-0.2, -0.15) is 13.2 Å². The second-order valence-corrected chi connectivity index (χ2v) is 2.00. The van der Waals surface area contributed by atoms with Crippen LogP contribution < -0.4 is 0 Å². The predicted molar refractivity (Wildman–Crippen MR) is 26.4 cm³/mol. The summed E-state index contributed by atoms with van der Waals surface area (Å²) >= 11 is 9.47. The Balaban J connectivity index is 3.62. The van der Waals surface area contributed by atoms with Crippen LogP contribution in [0.5, 0.6) is 0 Å². The van der Waals surface area contributed by atoms with E-state index in [9.17, 15) is 13.2 Å². The molecule has 0 aromatic heterocycles. The van der Waals surface area contributed by atoms with Crippen molar-refractivity contribution in [3.05, 3.63) is 0 Å². The minimum Gasteiger partial charge on any atom is -0.169 e. The van der Waals surface area contributed by atoms with E-state index in [4.69, 9.17) is 11.6 Å². The van der Waals surface area contributed by atoms with E-state index in [1.807, 2.05) is 0 Å². The van der Waals surface area contributed by atoms with Crippen LogP contribution in [0.1, 0.15) is 0 Å². The highest BCUT2D eigenvalue weighted by Crippen LogP contribution is 2.25. The van der Waals surface area contributed by atoms with Gasteiger partial charge in [0.15, 0.2) is 0 Å². The van der Waals surface area contributed by atoms with Crippen molar-refractivity contribution >= 4 is 23.2 Å². The second-order valence-electron chi connectivity index (χ2n) is 1.16. The predicted octanol–water partition coefficient (Wildman–Crippen LogP) is 2.39. The van der Waals surface area contributed by atoms with Gasteiger partial charge in [-0.15, -0.1) is 23.2 Å². The van der Waals surface area contributed by atoms with E-state index in [2.05, 4.69) is 11.6 Å². The first-order valence-electron chi connectivity index (χ1n) is 1.75. The second kappa shape index (κ2) is 2.78. The average molecular weight is 167 g/mol. The van der Waals surface area contributed by atoms with Crippen molar-refractivity contribution in [3.8, 4) is 0 Å². The largest absolute Gasteiger partial charge is 0.406 e. The maximum absolute atomic E-state index is 11.2. The lowest BCUT2D eigenvalue weighted by atomic mass is 10.5. The molecule has 5 heteroatoms. The van der Waals surface area contributed by atoms with Crippen molar-refractivity contribution in [2.75, 3.05) is 5.88 Å². The van der Waals surface area contributed by atoms with Crippen LogP contribution >= 0.6 is 23.2 Å². The number of alkyl halides is 5. The Bertz CT molecular complexity index is 69.4. The molecule has 1 unspecified atom stereocenters. The van der Waals surface area contributed by atoms with E-state index in [1.165, 1.54) is 0 Å². The highest BCUT2D eigenvalue weighted by Gasteiger charge is 2.37. The molecule has 1 atom stereocenters. The molecule has 0 amide bonds. The fraction of sp³-hybridized carbons (Fsp3) is 1.00. The molecule has 50 valence electrons. The van der Waals surface area contributed by atoms with E-state index in [0.29, 0.717) is 0 Å². The van der Waals surface area contributed by atoms with Gasteiger partial charge in [-0.05, 0) is 0 Å². The number of hydrogen-bond donors (Lipinski definition) is 0. The van der Waals surface area contributed by atoms with Gasteiger partial charge in [0.2, 0.25) is 0 Å². The van der Waals surface area contributed by atoms with Crippen molar-refractivity contribution in [1.29, 1.82) is 0 Å². The SMILES string of the molecule is FC(F)(F)C(Cl)CCl. The van der Waals surface area contributed by atoms with E-state index in [0.717, 1.165) is 0 Å². The van der Waals surface area contributed by atoms with Crippen LogP contribution in [0.3, 0.4) is 0 Å². The third-order valence-electron chi connectivity index (χ3n) is 0.491. The van der Waals surface area contributed by atoms with Gasteiger partial charge in [0.25, 0.3) is 0 Å². The van der Waals surface area contributed by atoms with Gasteiger partial charge in [-0.25, -0.2) is 0 Å². The first-order valence-corrected chi connectivity index (χ1v) is 2.72. The van der Waals surface area contributed by atoms with Crippen LogP contribution in [0.4, 0.5) is 13.2 Å². The van der Waals surface area contributed by atoms with Crippen molar-refractivity contribution in [1.82, 2.24) is 0 Å². The molecular weight excluding hydrogens is 164 g/mol. The molecule has 0 aliphatic carbocycles. The Kier molecular flexibility index (Phi) is 2.91. The summed E-state index contributed by atoms with van der Waals surface area (Å²) in [5.74, 6) is -0.592. The Morgan fingerprint density at radius 3 is 1.75 bits per heavy atom. The van der Waals surface area contributed by atoms with Gasteiger partial charge in [-0.1, -0.05) is 0 Å². The lowest BCUT2D eigenvalue weighted by Crippen LogP contribution is -2.24. The van der Waals surface area contributed by atoms with Crippen LogP contribution in [0.15, 0.2) is 0 Å². The summed E-state index contributed by atoms with van der Waals surface area (Å²) in [6, 6.07) is 0. The third kappa shape index (κ3) is 2.62. The van der Waals surface area contributed by atoms with E-state index in [1.54, 1.807) is 0 Å². The van der Waals surface area contributed by atoms with E-state index in [-0.39, 0.29) is 0 Å². The zero-order valence-electron chi connectivity index (χ0n) is 3.67. The summed E-state index contributed by atoms with van der Waals surface area (Å²) in [7, 11) is 0. The molecule has 0 rings (SSSR count). The summed E-state index contributed by atoms with van der Waals surface area (Å²) in [5.41, 5.74) is 0. The molecule has 0 aromatic carbocycles. The zero-order chi connectivity index (χ0) is 6.78. The van der Waals surface area contributed by atoms with Crippen LogP contribution in [-0.2, 0) is 0 Å². The van der Waals surface area contributed by atoms with Crippen molar-refractivity contribution < 1.29 is 13.2 Å². The lowest BCUT2D eigenvalue weighted by molar-refractivity contribution is -0.126. The van der Waals surface area contributed by atoms with E-state index >= 15 is 0 Å². The molecule has 0 aromatic rings. The highest BCUT2D eigenvalue weighted by molar-refractivity contribution is 6.28. The highest BCUT2D eigenvalue weighted by atomic mass is 35.5. The van der Waals surface area contributed by atoms with Gasteiger partial charge in [-0.3, -0.25) is 0 Å². The minimum absolute atomic E-state index is 0.592. The quantitative estimate of drug-likeness (QED) is 0.526. The number of rotatable bonds is 1. The summed E-state index contributed by atoms with van der Waals surface area (Å²) < 4.78 is 33.7. The van der Waals surface area contributed by atoms with Crippen LogP contribution in [0, 0.1) is 0 Å². The molecule has 0 fully saturated rings. The van der Waals surface area contributed by atoms with Gasteiger partial charge in [0.1, 0.15) is 5.38 Å². The number of hydrogen-bond acceptors (Lipinski definition) is 0. The molecular formula is C3H3Cl2F3. The Morgan fingerprint density at radius 1 is 1.38 bits per heavy atom. The maximum atomic E-state index is 11.2. The molecule has 0 heterocycles. The molecule has 0 saturated heterocycles. The topological polar surface area (TPSA) is 0 Å². The molecule has 0 aliphatic rings. The monoisotopic (exact) mass is 166 g/mol. The first kappa shape index (κ1) is 8.37. The minimum atomic E-state index is -4.36. The lowest BCUT2D eigenvalue weighted by Gasteiger charge is -2.08. The fourth-order valence-corrected chi connectivity index (χ4v) is 0.262. The summed E-state index contributed by atoms with van der Waals surface area (Å²) in [6.07, 6.45) is -4.36. The van der Waals surface area contributed by atoms with Crippen molar-refractivity contribution in [2.24, 2.45) is 0 Å². The van der Waals surface area contributed by atoms with Gasteiger partial charge < -0.3 is 0 Å². The molecule has 0 nitrogen and oxygen atoms in total. The van der Waals surface area contributed by atoms with Gasteiger partial charge in [0, 0.05) is 5.88 Å². The van der Waals surface area contributed by atoms with E-state index < -0.39 is 17.4 Å². The Labute approximate surface area is 54.6 Å². The van der Waals surface area contributed by atoms with Gasteiger partial charge >= 0.3 is 6.18 Å². The smallest absolute Gasteiger partial charge is 0.169 e. The molecule has 8 heavy (non-hydrogen) atoms. The first-order chi connectivity index (χ1) is 3.48. The van der Waals surface area contributed by atoms with Crippen molar-refractivity contribution in [2.45, 2.75) is 11.6 Å². The normalized spacial score (nSPS) is 16.1. The third-order valence-corrected chi connectivity index (χ3v) is 1.36. The molecule has 0 radical (unpaired) electrons. The van der Waals surface area contributed by atoms with Gasteiger partial charge in [0.05, 0.1) is 0 Å². The standard InChI is InChI=1S/C3H3Cl2F3/c4-1-2(5)3(6,7)8/h2H,1H2. The molecule has 0 bridgehead atoms. The maximum Gasteiger partial charge on any atom is 0.406 e. The molecule has 0 spiro atoms. The summed E-state index contributed by atoms with van der Waals surface area (Å²) in [6.45, 7) is 0. The Morgan fingerprint density at radius 2 is 1.75 bits per heavy atom. The zero-order valence-corrected chi connectivity index (χ0v) is 5.19. The van der Waals surface area contributed by atoms with Crippen molar-refractivity contribution in [3.63, 3.8) is 0 Å².